The Morgan fingerprint density at radius 3 is 2.80 bits per heavy atom. The molecule has 20 heavy (non-hydrogen) atoms. The van der Waals surface area contributed by atoms with E-state index in [2.05, 4.69) is 4.98 Å². The van der Waals surface area contributed by atoms with Crippen LogP contribution in [0, 0.1) is 5.82 Å². The first-order chi connectivity index (χ1) is 9.56. The molecule has 0 unspecified atom stereocenters. The lowest BCUT2D eigenvalue weighted by atomic mass is 10.2. The Bertz CT molecular complexity index is 586. The summed E-state index contributed by atoms with van der Waals surface area (Å²) in [5.41, 5.74) is 6.12. The average Bonchev–Trinajstić information content (AvgIpc) is 2.88. The third-order valence-corrected chi connectivity index (χ3v) is 3.57. The number of halogens is 1. The Hall–Kier alpha value is -1.86. The van der Waals surface area contributed by atoms with Crippen molar-refractivity contribution in [3.63, 3.8) is 0 Å². The summed E-state index contributed by atoms with van der Waals surface area (Å²) in [6.45, 7) is 0. The molecule has 0 fully saturated rings. The monoisotopic (exact) mass is 296 g/mol. The van der Waals surface area contributed by atoms with Crippen molar-refractivity contribution in [2.24, 2.45) is 5.73 Å². The van der Waals surface area contributed by atoms with E-state index >= 15 is 0 Å². The van der Waals surface area contributed by atoms with Crippen LogP contribution in [0.15, 0.2) is 34.9 Å². The first-order valence-corrected chi connectivity index (χ1v) is 6.98. The van der Waals surface area contributed by atoms with Gasteiger partial charge >= 0.3 is 5.97 Å². The molecule has 1 aromatic heterocycles. The van der Waals surface area contributed by atoms with E-state index in [-0.39, 0.29) is 11.6 Å². The van der Waals surface area contributed by atoms with Crippen LogP contribution in [0.3, 0.4) is 0 Å². The third-order valence-electron chi connectivity index (χ3n) is 2.52. The minimum atomic E-state index is -1.03. The predicted molar refractivity (Wildman–Crippen MR) is 73.7 cm³/mol. The molecule has 0 spiro atoms. The van der Waals surface area contributed by atoms with Crippen LogP contribution in [-0.2, 0) is 10.5 Å². The first kappa shape index (κ1) is 14.5. The Morgan fingerprint density at radius 1 is 1.45 bits per heavy atom. The molecule has 1 atom stereocenters. The van der Waals surface area contributed by atoms with E-state index < -0.39 is 12.0 Å². The van der Waals surface area contributed by atoms with Crippen LogP contribution in [0.25, 0.3) is 11.3 Å². The molecule has 0 bridgehead atoms. The van der Waals surface area contributed by atoms with Gasteiger partial charge in [-0.05, 0) is 24.3 Å². The first-order valence-electron chi connectivity index (χ1n) is 5.83. The van der Waals surface area contributed by atoms with Crippen molar-refractivity contribution in [3.05, 3.63) is 42.2 Å². The normalized spacial score (nSPS) is 12.3. The molecular formula is C13H13FN2O3S. The second kappa shape index (κ2) is 6.53. The number of thioether (sulfide) groups is 1. The topological polar surface area (TPSA) is 89.4 Å². The minimum absolute atomic E-state index is 0.281. The summed E-state index contributed by atoms with van der Waals surface area (Å²) in [5, 5.41) is 8.65. The lowest BCUT2D eigenvalue weighted by Crippen LogP contribution is -2.32. The molecule has 2 aromatic rings. The standard InChI is InChI=1S/C13H13FN2O3S/c14-9-3-1-8(2-4-9)11-5-16-12(19-11)7-20-6-10(15)13(17)18/h1-5,10H,6-7,15H2,(H,17,18)/t10-/m1/s1. The molecule has 5 nitrogen and oxygen atoms in total. The molecular weight excluding hydrogens is 283 g/mol. The third kappa shape index (κ3) is 3.82. The second-order valence-corrected chi connectivity index (χ2v) is 5.12. The van der Waals surface area contributed by atoms with E-state index in [1.165, 1.54) is 23.9 Å². The van der Waals surface area contributed by atoms with Gasteiger partial charge in [0.05, 0.1) is 11.9 Å². The highest BCUT2D eigenvalue weighted by atomic mass is 32.2. The molecule has 0 aliphatic heterocycles. The molecule has 0 saturated heterocycles. The van der Waals surface area contributed by atoms with Crippen LogP contribution in [0.1, 0.15) is 5.89 Å². The zero-order valence-electron chi connectivity index (χ0n) is 10.5. The van der Waals surface area contributed by atoms with Gasteiger partial charge in [-0.3, -0.25) is 4.79 Å². The van der Waals surface area contributed by atoms with E-state index in [1.807, 2.05) is 0 Å². The highest BCUT2D eigenvalue weighted by molar-refractivity contribution is 7.98. The molecule has 0 aliphatic carbocycles. The van der Waals surface area contributed by atoms with Gasteiger partial charge in [0.15, 0.2) is 5.76 Å². The highest BCUT2D eigenvalue weighted by Crippen LogP contribution is 2.22. The van der Waals surface area contributed by atoms with E-state index in [4.69, 9.17) is 15.3 Å². The summed E-state index contributed by atoms with van der Waals surface area (Å²) >= 11 is 1.33. The number of oxazole rings is 1. The largest absolute Gasteiger partial charge is 0.480 e. The molecule has 0 saturated carbocycles. The molecule has 1 aromatic carbocycles. The minimum Gasteiger partial charge on any atom is -0.480 e. The van der Waals surface area contributed by atoms with Gasteiger partial charge in [-0.1, -0.05) is 0 Å². The second-order valence-electron chi connectivity index (χ2n) is 4.09. The number of carboxylic acid groups (broad SMARTS) is 1. The average molecular weight is 296 g/mol. The fraction of sp³-hybridized carbons (Fsp3) is 0.231. The smallest absolute Gasteiger partial charge is 0.321 e. The van der Waals surface area contributed by atoms with Crippen molar-refractivity contribution < 1.29 is 18.7 Å². The summed E-state index contributed by atoms with van der Waals surface area (Å²) < 4.78 is 18.3. The molecule has 0 radical (unpaired) electrons. The fourth-order valence-corrected chi connectivity index (χ4v) is 2.29. The summed E-state index contributed by atoms with van der Waals surface area (Å²) in [5.74, 6) is 0.393. The van der Waals surface area contributed by atoms with Crippen LogP contribution < -0.4 is 5.73 Å². The molecule has 7 heteroatoms. The Morgan fingerprint density at radius 2 is 2.15 bits per heavy atom. The number of hydrogen-bond donors (Lipinski definition) is 2. The van der Waals surface area contributed by atoms with Gasteiger partial charge in [0.1, 0.15) is 11.9 Å². The molecule has 0 amide bonds. The molecule has 3 N–H and O–H groups in total. The zero-order chi connectivity index (χ0) is 14.5. The number of aliphatic carboxylic acids is 1. The summed E-state index contributed by atoms with van der Waals surface area (Å²) in [6, 6.07) is 5.00. The van der Waals surface area contributed by atoms with Crippen molar-refractivity contribution in [2.45, 2.75) is 11.8 Å². The van der Waals surface area contributed by atoms with Crippen LogP contribution in [0.4, 0.5) is 4.39 Å². The number of carboxylic acids is 1. The van der Waals surface area contributed by atoms with Crippen molar-refractivity contribution in [2.75, 3.05) is 5.75 Å². The number of nitrogens with zero attached hydrogens (tertiary/aromatic N) is 1. The Labute approximate surface area is 119 Å². The maximum Gasteiger partial charge on any atom is 0.321 e. The number of aromatic nitrogens is 1. The predicted octanol–water partition coefficient (Wildman–Crippen LogP) is 2.13. The van der Waals surface area contributed by atoms with Crippen molar-refractivity contribution >= 4 is 17.7 Å². The van der Waals surface area contributed by atoms with Crippen molar-refractivity contribution in [1.29, 1.82) is 0 Å². The lowest BCUT2D eigenvalue weighted by molar-refractivity contribution is -0.137. The van der Waals surface area contributed by atoms with E-state index in [1.54, 1.807) is 18.3 Å². The lowest BCUT2D eigenvalue weighted by Gasteiger charge is -2.03. The maximum absolute atomic E-state index is 12.8. The molecule has 0 aliphatic rings. The van der Waals surface area contributed by atoms with Crippen LogP contribution in [-0.4, -0.2) is 27.9 Å². The van der Waals surface area contributed by atoms with Crippen molar-refractivity contribution in [1.82, 2.24) is 4.98 Å². The van der Waals surface area contributed by atoms with Crippen molar-refractivity contribution in [3.8, 4) is 11.3 Å². The number of nitrogens with two attached hydrogens (primary N) is 1. The summed E-state index contributed by atoms with van der Waals surface area (Å²) in [7, 11) is 0. The fourth-order valence-electron chi connectivity index (χ4n) is 1.47. The van der Waals surface area contributed by atoms with Crippen LogP contribution >= 0.6 is 11.8 Å². The van der Waals surface area contributed by atoms with Gasteiger partial charge in [-0.2, -0.15) is 0 Å². The van der Waals surface area contributed by atoms with Gasteiger partial charge in [0.25, 0.3) is 0 Å². The zero-order valence-corrected chi connectivity index (χ0v) is 11.3. The Kier molecular flexibility index (Phi) is 4.75. The number of hydrogen-bond acceptors (Lipinski definition) is 5. The van der Waals surface area contributed by atoms with Gasteiger partial charge in [-0.25, -0.2) is 9.37 Å². The van der Waals surface area contributed by atoms with E-state index in [0.29, 0.717) is 17.4 Å². The maximum atomic E-state index is 12.8. The molecule has 1 heterocycles. The number of rotatable bonds is 6. The summed E-state index contributed by atoms with van der Waals surface area (Å²) in [4.78, 5) is 14.6. The number of carbonyl (C=O) groups is 1. The van der Waals surface area contributed by atoms with Gasteiger partial charge in [0.2, 0.25) is 5.89 Å². The van der Waals surface area contributed by atoms with Gasteiger partial charge in [0, 0.05) is 11.3 Å². The number of benzene rings is 1. The van der Waals surface area contributed by atoms with E-state index in [9.17, 15) is 9.18 Å². The highest BCUT2D eigenvalue weighted by Gasteiger charge is 2.12. The molecule has 2 rings (SSSR count). The van der Waals surface area contributed by atoms with E-state index in [0.717, 1.165) is 5.56 Å². The Balaban J connectivity index is 1.92. The molecule has 106 valence electrons. The van der Waals surface area contributed by atoms with Crippen LogP contribution in [0.5, 0.6) is 0 Å². The quantitative estimate of drug-likeness (QED) is 0.848. The van der Waals surface area contributed by atoms with Crippen LogP contribution in [0.2, 0.25) is 0 Å². The SMILES string of the molecule is N[C@H](CSCc1ncc(-c2ccc(F)cc2)o1)C(=O)O. The van der Waals surface area contributed by atoms with Gasteiger partial charge < -0.3 is 15.3 Å². The summed E-state index contributed by atoms with van der Waals surface area (Å²) in [6.07, 6.45) is 1.56. The van der Waals surface area contributed by atoms with Gasteiger partial charge in [-0.15, -0.1) is 11.8 Å².